The van der Waals surface area contributed by atoms with Crippen molar-refractivity contribution in [2.24, 2.45) is 0 Å². The Balaban J connectivity index is 1.41. The molecule has 0 aliphatic carbocycles. The molecule has 8 heteroatoms. The van der Waals surface area contributed by atoms with E-state index in [-0.39, 0.29) is 12.5 Å². The van der Waals surface area contributed by atoms with Gasteiger partial charge in [-0.2, -0.15) is 0 Å². The fourth-order valence-electron chi connectivity index (χ4n) is 3.82. The van der Waals surface area contributed by atoms with E-state index in [1.165, 1.54) is 9.87 Å². The number of carbonyl (C=O) groups excluding carboxylic acids is 1. The molecule has 1 atom stereocenters. The van der Waals surface area contributed by atoms with Crippen LogP contribution in [-0.2, 0) is 21.4 Å². The highest BCUT2D eigenvalue weighted by Gasteiger charge is 2.37. The summed E-state index contributed by atoms with van der Waals surface area (Å²) < 4.78 is 31.6. The van der Waals surface area contributed by atoms with E-state index in [2.05, 4.69) is 17.0 Å². The van der Waals surface area contributed by atoms with Crippen molar-refractivity contribution in [1.29, 1.82) is 0 Å². The molecule has 29 heavy (non-hydrogen) atoms. The number of sulfonamides is 1. The van der Waals surface area contributed by atoms with E-state index in [9.17, 15) is 13.2 Å². The summed E-state index contributed by atoms with van der Waals surface area (Å²) in [5.74, 6) is 0.262. The van der Waals surface area contributed by atoms with Crippen LogP contribution in [0.2, 0.25) is 0 Å². The largest absolute Gasteiger partial charge is 0.476 e. The number of ether oxygens (including phenoxy) is 1. The Morgan fingerprint density at radius 3 is 2.34 bits per heavy atom. The maximum Gasteiger partial charge on any atom is 0.265 e. The molecule has 2 aliphatic rings. The fourth-order valence-corrected chi connectivity index (χ4v) is 4.73. The molecule has 0 bridgehead atoms. The van der Waals surface area contributed by atoms with Gasteiger partial charge in [0.15, 0.2) is 6.10 Å². The molecule has 0 N–H and O–H groups in total. The Bertz CT molecular complexity index is 972. The molecule has 1 fully saturated rings. The second kappa shape index (κ2) is 8.04. The molecule has 1 amide bonds. The van der Waals surface area contributed by atoms with Crippen LogP contribution in [0, 0.1) is 0 Å². The van der Waals surface area contributed by atoms with E-state index in [4.69, 9.17) is 4.74 Å². The van der Waals surface area contributed by atoms with E-state index >= 15 is 0 Å². The third-order valence-electron chi connectivity index (χ3n) is 5.34. The number of benzene rings is 2. The van der Waals surface area contributed by atoms with Crippen molar-refractivity contribution < 1.29 is 17.9 Å². The Morgan fingerprint density at radius 2 is 1.66 bits per heavy atom. The van der Waals surface area contributed by atoms with Gasteiger partial charge in [-0.15, -0.1) is 0 Å². The van der Waals surface area contributed by atoms with E-state index in [1.807, 2.05) is 18.2 Å². The zero-order valence-corrected chi connectivity index (χ0v) is 17.2. The molecule has 2 aromatic rings. The van der Waals surface area contributed by atoms with Gasteiger partial charge in [0.05, 0.1) is 18.5 Å². The van der Waals surface area contributed by atoms with E-state index in [1.54, 1.807) is 29.2 Å². The van der Waals surface area contributed by atoms with E-state index in [0.717, 1.165) is 25.9 Å². The standard InChI is InChI=1S/C21H25N3O4S/c1-29(26,27)24-16-20(28-19-10-6-5-9-18(19)24)21(25)23-13-11-22(12-14-23)15-17-7-3-2-4-8-17/h2-10,20H,11-16H2,1H3/t20-/m1/s1. The topological polar surface area (TPSA) is 70.2 Å². The maximum atomic E-state index is 13.1. The summed E-state index contributed by atoms with van der Waals surface area (Å²) >= 11 is 0. The molecule has 7 nitrogen and oxygen atoms in total. The normalized spacial score (nSPS) is 20.1. The third kappa shape index (κ3) is 4.38. The van der Waals surface area contributed by atoms with Gasteiger partial charge in [-0.05, 0) is 17.7 Å². The summed E-state index contributed by atoms with van der Waals surface area (Å²) in [6.07, 6.45) is 0.319. The van der Waals surface area contributed by atoms with Gasteiger partial charge >= 0.3 is 0 Å². The minimum Gasteiger partial charge on any atom is -0.476 e. The number of para-hydroxylation sites is 2. The molecule has 0 unspecified atom stereocenters. The summed E-state index contributed by atoms with van der Waals surface area (Å²) in [5, 5.41) is 0. The first kappa shape index (κ1) is 19.7. The van der Waals surface area contributed by atoms with Crippen LogP contribution in [-0.4, -0.2) is 69.2 Å². The number of carbonyl (C=O) groups is 1. The highest BCUT2D eigenvalue weighted by molar-refractivity contribution is 7.92. The van der Waals surface area contributed by atoms with Crippen molar-refractivity contribution in [3.05, 3.63) is 60.2 Å². The molecule has 1 saturated heterocycles. The molecule has 2 aliphatic heterocycles. The first-order valence-corrected chi connectivity index (χ1v) is 11.5. The van der Waals surface area contributed by atoms with Crippen LogP contribution in [0.1, 0.15) is 5.56 Å². The van der Waals surface area contributed by atoms with Crippen LogP contribution in [0.4, 0.5) is 5.69 Å². The van der Waals surface area contributed by atoms with Gasteiger partial charge in [0.1, 0.15) is 5.75 Å². The van der Waals surface area contributed by atoms with Crippen LogP contribution >= 0.6 is 0 Å². The van der Waals surface area contributed by atoms with Gasteiger partial charge in [-0.1, -0.05) is 42.5 Å². The molecule has 154 valence electrons. The minimum atomic E-state index is -3.51. The zero-order chi connectivity index (χ0) is 20.4. The van der Waals surface area contributed by atoms with Crippen LogP contribution in [0.15, 0.2) is 54.6 Å². The van der Waals surface area contributed by atoms with Gasteiger partial charge in [-0.25, -0.2) is 8.42 Å². The van der Waals surface area contributed by atoms with E-state index < -0.39 is 16.1 Å². The monoisotopic (exact) mass is 415 g/mol. The minimum absolute atomic E-state index is 0.00108. The van der Waals surface area contributed by atoms with Gasteiger partial charge in [0.25, 0.3) is 5.91 Å². The Morgan fingerprint density at radius 1 is 1.00 bits per heavy atom. The molecule has 0 saturated carbocycles. The summed E-state index contributed by atoms with van der Waals surface area (Å²) in [6.45, 7) is 3.62. The summed E-state index contributed by atoms with van der Waals surface area (Å²) in [5.41, 5.74) is 1.73. The molecule has 2 aromatic carbocycles. The summed E-state index contributed by atoms with van der Waals surface area (Å²) in [4.78, 5) is 17.2. The summed E-state index contributed by atoms with van der Waals surface area (Å²) in [6, 6.07) is 17.2. The molecule has 2 heterocycles. The van der Waals surface area contributed by atoms with Gasteiger partial charge in [0, 0.05) is 32.7 Å². The Labute approximate surface area is 171 Å². The molecule has 0 spiro atoms. The average molecular weight is 416 g/mol. The quantitative estimate of drug-likeness (QED) is 0.758. The molecular weight excluding hydrogens is 390 g/mol. The van der Waals surface area contributed by atoms with Crippen molar-refractivity contribution >= 4 is 21.6 Å². The average Bonchev–Trinajstić information content (AvgIpc) is 2.73. The number of nitrogens with zero attached hydrogens (tertiary/aromatic N) is 3. The lowest BCUT2D eigenvalue weighted by Gasteiger charge is -2.39. The molecule has 0 radical (unpaired) electrons. The van der Waals surface area contributed by atoms with Crippen LogP contribution < -0.4 is 9.04 Å². The maximum absolute atomic E-state index is 13.1. The van der Waals surface area contributed by atoms with E-state index in [0.29, 0.717) is 24.5 Å². The van der Waals surface area contributed by atoms with Crippen LogP contribution in [0.3, 0.4) is 0 Å². The lowest BCUT2D eigenvalue weighted by atomic mass is 10.1. The Hall–Kier alpha value is -2.58. The number of piperazine rings is 1. The Kier molecular flexibility index (Phi) is 5.47. The van der Waals surface area contributed by atoms with Crippen LogP contribution in [0.5, 0.6) is 5.75 Å². The highest BCUT2D eigenvalue weighted by Crippen LogP contribution is 2.35. The predicted octanol–water partition coefficient (Wildman–Crippen LogP) is 1.56. The van der Waals surface area contributed by atoms with Gasteiger partial charge in [-0.3, -0.25) is 14.0 Å². The number of anilines is 1. The zero-order valence-electron chi connectivity index (χ0n) is 16.4. The van der Waals surface area contributed by atoms with Gasteiger partial charge in [0.2, 0.25) is 10.0 Å². The second-order valence-electron chi connectivity index (χ2n) is 7.46. The number of hydrogen-bond acceptors (Lipinski definition) is 5. The second-order valence-corrected chi connectivity index (χ2v) is 9.36. The molecular formula is C21H25N3O4S. The van der Waals surface area contributed by atoms with Crippen molar-refractivity contribution in [1.82, 2.24) is 9.80 Å². The van der Waals surface area contributed by atoms with Crippen molar-refractivity contribution in [2.75, 3.05) is 43.3 Å². The molecule has 0 aromatic heterocycles. The van der Waals surface area contributed by atoms with Crippen molar-refractivity contribution in [2.45, 2.75) is 12.6 Å². The summed E-state index contributed by atoms with van der Waals surface area (Å²) in [7, 11) is -3.51. The predicted molar refractivity (Wildman–Crippen MR) is 111 cm³/mol. The van der Waals surface area contributed by atoms with Crippen LogP contribution in [0.25, 0.3) is 0 Å². The first-order chi connectivity index (χ1) is 13.9. The molecule has 4 rings (SSSR count). The van der Waals surface area contributed by atoms with Crippen molar-refractivity contribution in [3.63, 3.8) is 0 Å². The van der Waals surface area contributed by atoms with Gasteiger partial charge < -0.3 is 9.64 Å². The highest BCUT2D eigenvalue weighted by atomic mass is 32.2. The smallest absolute Gasteiger partial charge is 0.265 e. The van der Waals surface area contributed by atoms with Crippen molar-refractivity contribution in [3.8, 4) is 5.75 Å². The first-order valence-electron chi connectivity index (χ1n) is 9.70. The number of amides is 1. The fraction of sp³-hybridized carbons (Fsp3) is 0.381. The number of fused-ring (bicyclic) bond motifs is 1. The number of hydrogen-bond donors (Lipinski definition) is 0. The lowest BCUT2D eigenvalue weighted by molar-refractivity contribution is -0.140. The SMILES string of the molecule is CS(=O)(=O)N1C[C@H](C(=O)N2CCN(Cc3ccccc3)CC2)Oc2ccccc21. The third-order valence-corrected chi connectivity index (χ3v) is 6.49. The lowest BCUT2D eigenvalue weighted by Crippen LogP contribution is -2.56. The number of rotatable bonds is 4.